The molecule has 0 bridgehead atoms. The standard InChI is InChI=1S/C12H26O/c1-6-7-8-11(13)12(9(2)3)10(4)5/h9-13H,6-8H2,1-5H3. The first kappa shape index (κ1) is 13.0. The van der Waals surface area contributed by atoms with Crippen molar-refractivity contribution in [1.82, 2.24) is 0 Å². The van der Waals surface area contributed by atoms with E-state index in [4.69, 9.17) is 0 Å². The van der Waals surface area contributed by atoms with Crippen LogP contribution >= 0.6 is 0 Å². The largest absolute Gasteiger partial charge is 0.393 e. The van der Waals surface area contributed by atoms with Crippen LogP contribution in [0.1, 0.15) is 53.9 Å². The highest BCUT2D eigenvalue weighted by Gasteiger charge is 2.24. The van der Waals surface area contributed by atoms with Crippen molar-refractivity contribution in [3.63, 3.8) is 0 Å². The molecule has 0 amide bonds. The summed E-state index contributed by atoms with van der Waals surface area (Å²) in [4.78, 5) is 0. The van der Waals surface area contributed by atoms with Crippen LogP contribution in [0.5, 0.6) is 0 Å². The summed E-state index contributed by atoms with van der Waals surface area (Å²) < 4.78 is 0. The number of aliphatic hydroxyl groups is 1. The van der Waals surface area contributed by atoms with Crippen molar-refractivity contribution in [2.75, 3.05) is 0 Å². The lowest BCUT2D eigenvalue weighted by molar-refractivity contribution is 0.0451. The molecule has 0 fully saturated rings. The fourth-order valence-electron chi connectivity index (χ4n) is 2.26. The smallest absolute Gasteiger partial charge is 0.0573 e. The van der Waals surface area contributed by atoms with Gasteiger partial charge in [0.05, 0.1) is 6.10 Å². The third kappa shape index (κ3) is 4.66. The summed E-state index contributed by atoms with van der Waals surface area (Å²) in [5.74, 6) is 1.64. The second-order valence-electron chi connectivity index (χ2n) is 4.77. The second kappa shape index (κ2) is 6.42. The molecule has 0 radical (unpaired) electrons. The van der Waals surface area contributed by atoms with Gasteiger partial charge in [0.25, 0.3) is 0 Å². The van der Waals surface area contributed by atoms with Gasteiger partial charge in [-0.1, -0.05) is 47.5 Å². The zero-order chi connectivity index (χ0) is 10.4. The molecule has 0 aliphatic rings. The molecule has 0 aromatic carbocycles. The maximum atomic E-state index is 9.98. The first-order valence-electron chi connectivity index (χ1n) is 5.68. The van der Waals surface area contributed by atoms with E-state index in [1.165, 1.54) is 6.42 Å². The zero-order valence-corrected chi connectivity index (χ0v) is 9.88. The van der Waals surface area contributed by atoms with E-state index in [0.717, 1.165) is 12.8 Å². The average molecular weight is 186 g/mol. The van der Waals surface area contributed by atoms with Crippen LogP contribution < -0.4 is 0 Å². The Kier molecular flexibility index (Phi) is 6.40. The Morgan fingerprint density at radius 3 is 1.77 bits per heavy atom. The van der Waals surface area contributed by atoms with Gasteiger partial charge in [-0.15, -0.1) is 0 Å². The molecule has 0 saturated heterocycles. The fourth-order valence-corrected chi connectivity index (χ4v) is 2.26. The molecule has 0 aromatic rings. The van der Waals surface area contributed by atoms with Gasteiger partial charge in [0.1, 0.15) is 0 Å². The molecule has 13 heavy (non-hydrogen) atoms. The van der Waals surface area contributed by atoms with E-state index in [1.54, 1.807) is 0 Å². The lowest BCUT2D eigenvalue weighted by Gasteiger charge is -2.29. The molecule has 1 nitrogen and oxygen atoms in total. The Labute approximate surface area is 83.5 Å². The van der Waals surface area contributed by atoms with E-state index in [2.05, 4.69) is 34.6 Å². The van der Waals surface area contributed by atoms with Crippen molar-refractivity contribution in [3.8, 4) is 0 Å². The third-order valence-electron chi connectivity index (χ3n) is 2.84. The van der Waals surface area contributed by atoms with Crippen LogP contribution in [-0.2, 0) is 0 Å². The van der Waals surface area contributed by atoms with Crippen molar-refractivity contribution in [1.29, 1.82) is 0 Å². The summed E-state index contributed by atoms with van der Waals surface area (Å²) in [6.07, 6.45) is 3.20. The number of aliphatic hydroxyl groups excluding tert-OH is 1. The van der Waals surface area contributed by atoms with E-state index < -0.39 is 0 Å². The van der Waals surface area contributed by atoms with Gasteiger partial charge in [0.15, 0.2) is 0 Å². The van der Waals surface area contributed by atoms with Crippen LogP contribution in [0.4, 0.5) is 0 Å². The summed E-state index contributed by atoms with van der Waals surface area (Å²) in [6.45, 7) is 11.0. The molecule has 80 valence electrons. The van der Waals surface area contributed by atoms with Gasteiger partial charge in [0, 0.05) is 0 Å². The molecule has 0 aliphatic carbocycles. The molecule has 1 heteroatoms. The molecule has 1 unspecified atom stereocenters. The summed E-state index contributed by atoms with van der Waals surface area (Å²) in [5, 5.41) is 9.98. The van der Waals surface area contributed by atoms with Gasteiger partial charge in [-0.25, -0.2) is 0 Å². The molecule has 1 N–H and O–H groups in total. The lowest BCUT2D eigenvalue weighted by Crippen LogP contribution is -2.29. The number of unbranched alkanes of at least 4 members (excludes halogenated alkanes) is 1. The van der Waals surface area contributed by atoms with Gasteiger partial charge in [0.2, 0.25) is 0 Å². The normalized spacial score (nSPS) is 14.5. The Morgan fingerprint density at radius 1 is 1.00 bits per heavy atom. The highest BCUT2D eigenvalue weighted by Crippen LogP contribution is 2.26. The predicted molar refractivity (Wildman–Crippen MR) is 58.7 cm³/mol. The molecule has 1 atom stereocenters. The molecule has 0 aromatic heterocycles. The minimum atomic E-state index is -0.0973. The van der Waals surface area contributed by atoms with Gasteiger partial charge >= 0.3 is 0 Å². The van der Waals surface area contributed by atoms with Crippen molar-refractivity contribution in [2.45, 2.75) is 60.0 Å². The minimum absolute atomic E-state index is 0.0973. The minimum Gasteiger partial charge on any atom is -0.393 e. The van der Waals surface area contributed by atoms with E-state index >= 15 is 0 Å². The number of rotatable bonds is 6. The molecule has 0 aliphatic heterocycles. The van der Waals surface area contributed by atoms with E-state index in [0.29, 0.717) is 17.8 Å². The predicted octanol–water partition coefficient (Wildman–Crippen LogP) is 3.47. The van der Waals surface area contributed by atoms with Crippen LogP contribution in [0.15, 0.2) is 0 Å². The first-order valence-corrected chi connectivity index (χ1v) is 5.68. The van der Waals surface area contributed by atoms with Crippen LogP contribution in [0.2, 0.25) is 0 Å². The average Bonchev–Trinajstić information content (AvgIpc) is 1.99. The molecule has 0 heterocycles. The Bertz CT molecular complexity index is 110. The fraction of sp³-hybridized carbons (Fsp3) is 1.00. The SMILES string of the molecule is CCCCC(O)C(C(C)C)C(C)C. The molecule has 0 rings (SSSR count). The molecule has 0 spiro atoms. The van der Waals surface area contributed by atoms with Gasteiger partial charge < -0.3 is 5.11 Å². The van der Waals surface area contributed by atoms with E-state index in [-0.39, 0.29) is 6.10 Å². The second-order valence-corrected chi connectivity index (χ2v) is 4.77. The Morgan fingerprint density at radius 2 is 1.46 bits per heavy atom. The van der Waals surface area contributed by atoms with Gasteiger partial charge in [-0.2, -0.15) is 0 Å². The lowest BCUT2D eigenvalue weighted by atomic mass is 9.80. The van der Waals surface area contributed by atoms with Crippen molar-refractivity contribution < 1.29 is 5.11 Å². The van der Waals surface area contributed by atoms with Crippen molar-refractivity contribution in [2.24, 2.45) is 17.8 Å². The quantitative estimate of drug-likeness (QED) is 0.673. The first-order chi connectivity index (χ1) is 6.00. The van der Waals surface area contributed by atoms with E-state index in [9.17, 15) is 5.11 Å². The maximum absolute atomic E-state index is 9.98. The topological polar surface area (TPSA) is 20.2 Å². The zero-order valence-electron chi connectivity index (χ0n) is 9.88. The Hall–Kier alpha value is -0.0400. The van der Waals surface area contributed by atoms with Crippen molar-refractivity contribution in [3.05, 3.63) is 0 Å². The Balaban J connectivity index is 4.04. The summed E-state index contributed by atoms with van der Waals surface area (Å²) in [6, 6.07) is 0. The number of hydrogen-bond donors (Lipinski definition) is 1. The molecular formula is C12H26O. The van der Waals surface area contributed by atoms with Crippen LogP contribution in [-0.4, -0.2) is 11.2 Å². The van der Waals surface area contributed by atoms with Crippen LogP contribution in [0, 0.1) is 17.8 Å². The maximum Gasteiger partial charge on any atom is 0.0573 e. The molecule has 0 saturated carbocycles. The highest BCUT2D eigenvalue weighted by molar-refractivity contribution is 4.74. The molecular weight excluding hydrogens is 160 g/mol. The van der Waals surface area contributed by atoms with Gasteiger partial charge in [-0.05, 0) is 24.2 Å². The monoisotopic (exact) mass is 186 g/mol. The van der Waals surface area contributed by atoms with E-state index in [1.807, 2.05) is 0 Å². The van der Waals surface area contributed by atoms with Crippen molar-refractivity contribution >= 4 is 0 Å². The summed E-state index contributed by atoms with van der Waals surface area (Å²) in [5.41, 5.74) is 0. The van der Waals surface area contributed by atoms with Gasteiger partial charge in [-0.3, -0.25) is 0 Å². The third-order valence-corrected chi connectivity index (χ3v) is 2.84. The number of hydrogen-bond acceptors (Lipinski definition) is 1. The highest BCUT2D eigenvalue weighted by atomic mass is 16.3. The summed E-state index contributed by atoms with van der Waals surface area (Å²) >= 11 is 0. The van der Waals surface area contributed by atoms with Crippen LogP contribution in [0.25, 0.3) is 0 Å². The van der Waals surface area contributed by atoms with Crippen LogP contribution in [0.3, 0.4) is 0 Å². The summed E-state index contributed by atoms with van der Waals surface area (Å²) in [7, 11) is 0.